The fourth-order valence-electron chi connectivity index (χ4n) is 3.41. The van der Waals surface area contributed by atoms with Gasteiger partial charge < -0.3 is 20.5 Å². The van der Waals surface area contributed by atoms with Gasteiger partial charge in [-0.05, 0) is 25.0 Å². The van der Waals surface area contributed by atoms with E-state index in [0.29, 0.717) is 12.1 Å². The molecule has 14 heteroatoms. The number of rotatable bonds is 6. The van der Waals surface area contributed by atoms with E-state index in [2.05, 4.69) is 15.5 Å². The van der Waals surface area contributed by atoms with Crippen LogP contribution in [0.1, 0.15) is 30.6 Å². The Labute approximate surface area is 183 Å². The number of nitrogens with zero attached hydrogens (tertiary/aromatic N) is 4. The van der Waals surface area contributed by atoms with Gasteiger partial charge >= 0.3 is 6.18 Å². The zero-order valence-corrected chi connectivity index (χ0v) is 17.3. The van der Waals surface area contributed by atoms with Crippen LogP contribution in [0, 0.1) is 17.5 Å². The van der Waals surface area contributed by atoms with E-state index < -0.39 is 59.8 Å². The summed E-state index contributed by atoms with van der Waals surface area (Å²) in [6.45, 7) is 0.843. The predicted molar refractivity (Wildman–Crippen MR) is 101 cm³/mol. The Kier molecular flexibility index (Phi) is 6.95. The Morgan fingerprint density at radius 3 is 2.42 bits per heavy atom. The summed E-state index contributed by atoms with van der Waals surface area (Å²) in [7, 11) is 0. The van der Waals surface area contributed by atoms with Crippen molar-refractivity contribution in [3.8, 4) is 0 Å². The maximum absolute atomic E-state index is 14.1. The maximum atomic E-state index is 14.1. The number of halogens is 6. The minimum Gasteiger partial charge on any atom is -0.351 e. The molecule has 0 saturated carbocycles. The Morgan fingerprint density at radius 2 is 1.79 bits per heavy atom. The molecule has 2 atom stereocenters. The summed E-state index contributed by atoms with van der Waals surface area (Å²) in [4.78, 5) is 26.1. The van der Waals surface area contributed by atoms with Gasteiger partial charge in [-0.2, -0.15) is 13.2 Å². The number of benzene rings is 1. The molecule has 1 aromatic carbocycles. The molecule has 1 aliphatic rings. The summed E-state index contributed by atoms with van der Waals surface area (Å²) in [6.07, 6.45) is -5.44. The third-order valence-electron chi connectivity index (χ3n) is 5.10. The second kappa shape index (κ2) is 9.37. The Bertz CT molecular complexity index is 1050. The first-order valence-corrected chi connectivity index (χ1v) is 9.83. The fraction of sp³-hybridized carbons (Fsp3) is 0.474. The van der Waals surface area contributed by atoms with E-state index in [4.69, 9.17) is 5.73 Å². The number of fused-ring (bicyclic) bond motifs is 1. The fourth-order valence-corrected chi connectivity index (χ4v) is 3.41. The lowest BCUT2D eigenvalue weighted by atomic mass is 10.0. The largest absolute Gasteiger partial charge is 0.451 e. The quantitative estimate of drug-likeness (QED) is 0.484. The van der Waals surface area contributed by atoms with Crippen molar-refractivity contribution >= 4 is 11.8 Å². The number of carbonyl (C=O) groups is 2. The molecule has 1 aliphatic heterocycles. The number of nitrogens with two attached hydrogens (primary N) is 1. The molecule has 0 fully saturated rings. The third kappa shape index (κ3) is 5.61. The van der Waals surface area contributed by atoms with E-state index >= 15 is 0 Å². The van der Waals surface area contributed by atoms with Crippen molar-refractivity contribution in [2.45, 2.75) is 51.1 Å². The number of hydrogen-bond donors (Lipinski definition) is 2. The second-order valence-corrected chi connectivity index (χ2v) is 7.66. The van der Waals surface area contributed by atoms with Gasteiger partial charge in [0, 0.05) is 31.6 Å². The molecule has 2 aromatic rings. The van der Waals surface area contributed by atoms with Gasteiger partial charge in [0.05, 0.1) is 12.6 Å². The lowest BCUT2D eigenvalue weighted by Gasteiger charge is -2.30. The maximum Gasteiger partial charge on any atom is 0.451 e. The number of nitrogens with one attached hydrogen (secondary N) is 1. The Morgan fingerprint density at radius 1 is 1.12 bits per heavy atom. The van der Waals surface area contributed by atoms with Gasteiger partial charge in [-0.25, -0.2) is 13.2 Å². The van der Waals surface area contributed by atoms with Crippen molar-refractivity contribution < 1.29 is 35.9 Å². The van der Waals surface area contributed by atoms with Gasteiger partial charge in [-0.15, -0.1) is 10.2 Å². The zero-order chi connectivity index (χ0) is 24.5. The monoisotopic (exact) mass is 478 g/mol. The molecule has 2 amide bonds. The van der Waals surface area contributed by atoms with E-state index in [1.165, 1.54) is 11.8 Å². The van der Waals surface area contributed by atoms with Crippen LogP contribution in [0.2, 0.25) is 0 Å². The molecular formula is C19H20F6N6O2. The second-order valence-electron chi connectivity index (χ2n) is 7.66. The van der Waals surface area contributed by atoms with Crippen LogP contribution in [0.3, 0.4) is 0 Å². The highest BCUT2D eigenvalue weighted by Crippen LogP contribution is 2.29. The third-order valence-corrected chi connectivity index (χ3v) is 5.10. The first-order chi connectivity index (χ1) is 15.4. The van der Waals surface area contributed by atoms with Crippen molar-refractivity contribution in [3.05, 3.63) is 46.8 Å². The first-order valence-electron chi connectivity index (χ1n) is 9.83. The lowest BCUT2D eigenvalue weighted by molar-refractivity contribution is -0.148. The first kappa shape index (κ1) is 24.5. The van der Waals surface area contributed by atoms with Gasteiger partial charge in [-0.3, -0.25) is 9.59 Å². The van der Waals surface area contributed by atoms with E-state index in [1.54, 1.807) is 0 Å². The highest BCUT2D eigenvalue weighted by molar-refractivity contribution is 5.83. The van der Waals surface area contributed by atoms with Gasteiger partial charge in [0.1, 0.15) is 5.82 Å². The van der Waals surface area contributed by atoms with Crippen LogP contribution in [-0.4, -0.2) is 50.1 Å². The van der Waals surface area contributed by atoms with Crippen molar-refractivity contribution in [2.24, 2.45) is 5.73 Å². The number of hydrogen-bond acceptors (Lipinski definition) is 5. The average Bonchev–Trinajstić information content (AvgIpc) is 3.15. The SMILES string of the molecule is CC(N)C(=O)N[C@@H](CC(=O)N1CCn2c(nnc2C(F)(F)F)C1)Cc1cc(F)c(F)cc1F. The number of carbonyl (C=O) groups excluding carboxylic acids is 2. The van der Waals surface area contributed by atoms with E-state index in [-0.39, 0.29) is 37.4 Å². The smallest absolute Gasteiger partial charge is 0.351 e. The summed E-state index contributed by atoms with van der Waals surface area (Å²) in [5.41, 5.74) is 5.24. The van der Waals surface area contributed by atoms with E-state index in [0.717, 1.165) is 4.57 Å². The molecule has 0 spiro atoms. The zero-order valence-electron chi connectivity index (χ0n) is 17.3. The van der Waals surface area contributed by atoms with E-state index in [1.807, 2.05) is 0 Å². The van der Waals surface area contributed by atoms with Crippen LogP contribution < -0.4 is 11.1 Å². The topological polar surface area (TPSA) is 106 Å². The summed E-state index contributed by atoms with van der Waals surface area (Å²) in [6, 6.07) is -1.03. The van der Waals surface area contributed by atoms with Gasteiger partial charge in [0.25, 0.3) is 0 Å². The Balaban J connectivity index is 1.75. The number of aromatic nitrogens is 3. The van der Waals surface area contributed by atoms with Crippen LogP contribution in [0.5, 0.6) is 0 Å². The van der Waals surface area contributed by atoms with Crippen molar-refractivity contribution in [1.29, 1.82) is 0 Å². The number of amides is 2. The summed E-state index contributed by atoms with van der Waals surface area (Å²) < 4.78 is 80.7. The van der Waals surface area contributed by atoms with Crippen molar-refractivity contribution in [3.63, 3.8) is 0 Å². The summed E-state index contributed by atoms with van der Waals surface area (Å²) in [5.74, 6) is -6.22. The molecule has 1 aromatic heterocycles. The number of alkyl halides is 3. The standard InChI is InChI=1S/C19H20F6N6O2/c1-9(26)17(33)27-11(4-10-5-13(21)14(22)7-12(10)20)6-16(32)30-2-3-31-15(8-30)28-29-18(31)19(23,24)25/h5,7,9,11H,2-4,6,8,26H2,1H3,(H,27,33)/t9?,11-/m1/s1. The Hall–Kier alpha value is -3.16. The highest BCUT2D eigenvalue weighted by Gasteiger charge is 2.40. The molecule has 0 aliphatic carbocycles. The van der Waals surface area contributed by atoms with Gasteiger partial charge in [-0.1, -0.05) is 0 Å². The molecule has 1 unspecified atom stereocenters. The van der Waals surface area contributed by atoms with Crippen LogP contribution in [0.15, 0.2) is 12.1 Å². The average molecular weight is 478 g/mol. The molecule has 0 saturated heterocycles. The van der Waals surface area contributed by atoms with Gasteiger partial charge in [0.15, 0.2) is 17.5 Å². The predicted octanol–water partition coefficient (Wildman–Crippen LogP) is 1.52. The van der Waals surface area contributed by atoms with Crippen molar-refractivity contribution in [2.75, 3.05) is 6.54 Å². The van der Waals surface area contributed by atoms with Crippen molar-refractivity contribution in [1.82, 2.24) is 25.0 Å². The highest BCUT2D eigenvalue weighted by atomic mass is 19.4. The molecule has 0 bridgehead atoms. The molecule has 2 heterocycles. The summed E-state index contributed by atoms with van der Waals surface area (Å²) in [5, 5.41) is 9.09. The summed E-state index contributed by atoms with van der Waals surface area (Å²) >= 11 is 0. The van der Waals surface area contributed by atoms with Crippen LogP contribution >= 0.6 is 0 Å². The molecular weight excluding hydrogens is 458 g/mol. The molecule has 0 radical (unpaired) electrons. The molecule has 3 N–H and O–H groups in total. The van der Waals surface area contributed by atoms with Crippen LogP contribution in [-0.2, 0) is 35.3 Å². The minimum atomic E-state index is -4.69. The molecule has 180 valence electrons. The van der Waals surface area contributed by atoms with E-state index in [9.17, 15) is 35.9 Å². The normalized spacial score (nSPS) is 15.7. The van der Waals surface area contributed by atoms with Crippen LogP contribution in [0.25, 0.3) is 0 Å². The lowest BCUT2D eigenvalue weighted by Crippen LogP contribution is -2.48. The van der Waals surface area contributed by atoms with Crippen LogP contribution in [0.4, 0.5) is 26.3 Å². The van der Waals surface area contributed by atoms with Gasteiger partial charge in [0.2, 0.25) is 17.6 Å². The molecule has 33 heavy (non-hydrogen) atoms. The molecule has 3 rings (SSSR count). The minimum absolute atomic E-state index is 0.0651. The molecule has 8 nitrogen and oxygen atoms in total.